The van der Waals surface area contributed by atoms with Gasteiger partial charge in [-0.3, -0.25) is 4.68 Å². The number of hydrogen-bond acceptors (Lipinski definition) is 9. The molecule has 0 saturated carbocycles. The van der Waals surface area contributed by atoms with Crippen molar-refractivity contribution in [1.29, 1.82) is 0 Å². The minimum Gasteiger partial charge on any atom is -0.491 e. The lowest BCUT2D eigenvalue weighted by Gasteiger charge is -2.43. The van der Waals surface area contributed by atoms with E-state index < -0.39 is 54.4 Å². The standard InChI is InChI=1S/C21H28F2N2O8/c1-9(2)25-10(3)12(5-11-6-13(22)18(31-4)14(23)7-11)20(24-25)33-21(30)19(29)17(28)16(27)15(8-26)32-21/h6-7,9,15-17,19,26-30H,5,8H2,1-4H3/t15-,16-,17+,19-,21-/m1/s1. The van der Waals surface area contributed by atoms with Crippen LogP contribution >= 0.6 is 0 Å². The Hall–Kier alpha value is -2.35. The Balaban J connectivity index is 2.02. The van der Waals surface area contributed by atoms with Crippen molar-refractivity contribution in [2.24, 2.45) is 0 Å². The Morgan fingerprint density at radius 3 is 2.30 bits per heavy atom. The third kappa shape index (κ3) is 4.67. The Labute approximate surface area is 188 Å². The van der Waals surface area contributed by atoms with E-state index in [9.17, 15) is 34.3 Å². The number of rotatable bonds is 7. The molecule has 0 amide bonds. The molecule has 1 aromatic heterocycles. The van der Waals surface area contributed by atoms with Crippen LogP contribution in [0.5, 0.6) is 11.6 Å². The molecule has 0 unspecified atom stereocenters. The Bertz CT molecular complexity index is 976. The van der Waals surface area contributed by atoms with Crippen LogP contribution in [0.3, 0.4) is 0 Å². The summed E-state index contributed by atoms with van der Waals surface area (Å²) in [6.07, 6.45) is -7.25. The SMILES string of the molecule is COc1c(F)cc(Cc2c(O[C@]3(O)O[C@H](CO)[C@@H](O)[C@H](O)[C@H]3O)nn(C(C)C)c2C)cc1F. The fourth-order valence-corrected chi connectivity index (χ4v) is 3.78. The van der Waals surface area contributed by atoms with Crippen molar-refractivity contribution in [3.63, 3.8) is 0 Å². The molecule has 2 aromatic rings. The van der Waals surface area contributed by atoms with Gasteiger partial charge in [-0.15, -0.1) is 5.10 Å². The van der Waals surface area contributed by atoms with E-state index in [2.05, 4.69) is 5.10 Å². The summed E-state index contributed by atoms with van der Waals surface area (Å²) >= 11 is 0. The molecular formula is C21H28F2N2O8. The maximum atomic E-state index is 14.2. The minimum atomic E-state index is -2.88. The van der Waals surface area contributed by atoms with Gasteiger partial charge in [0.2, 0.25) is 5.88 Å². The molecule has 5 atom stereocenters. The van der Waals surface area contributed by atoms with Crippen LogP contribution in [-0.2, 0) is 11.2 Å². The number of ether oxygens (including phenoxy) is 3. The Kier molecular flexibility index (Phi) is 7.27. The third-order valence-corrected chi connectivity index (χ3v) is 5.54. The molecule has 0 aliphatic carbocycles. The van der Waals surface area contributed by atoms with Crippen LogP contribution in [0.4, 0.5) is 8.78 Å². The van der Waals surface area contributed by atoms with E-state index in [4.69, 9.17) is 14.2 Å². The molecule has 1 aliphatic rings. The normalized spacial score (nSPS) is 27.8. The zero-order valence-electron chi connectivity index (χ0n) is 18.6. The van der Waals surface area contributed by atoms with Gasteiger partial charge in [0.1, 0.15) is 18.3 Å². The monoisotopic (exact) mass is 474 g/mol. The predicted octanol–water partition coefficient (Wildman–Crippen LogP) is 0.149. The van der Waals surface area contributed by atoms with Crippen LogP contribution < -0.4 is 9.47 Å². The van der Waals surface area contributed by atoms with Gasteiger partial charge in [0, 0.05) is 23.7 Å². The summed E-state index contributed by atoms with van der Waals surface area (Å²) in [7, 11) is 1.14. The molecule has 2 heterocycles. The van der Waals surface area contributed by atoms with Crippen LogP contribution in [0.25, 0.3) is 0 Å². The van der Waals surface area contributed by atoms with Crippen molar-refractivity contribution in [1.82, 2.24) is 9.78 Å². The van der Waals surface area contributed by atoms with Crippen molar-refractivity contribution in [3.05, 3.63) is 40.6 Å². The second kappa shape index (κ2) is 9.49. The van der Waals surface area contributed by atoms with Crippen LogP contribution in [0.2, 0.25) is 0 Å². The lowest BCUT2D eigenvalue weighted by molar-refractivity contribution is -0.423. The molecule has 10 nitrogen and oxygen atoms in total. The summed E-state index contributed by atoms with van der Waals surface area (Å²) in [6, 6.07) is 2.00. The molecule has 0 bridgehead atoms. The van der Waals surface area contributed by atoms with E-state index in [1.165, 1.54) is 4.68 Å². The zero-order chi connectivity index (χ0) is 24.7. The van der Waals surface area contributed by atoms with Gasteiger partial charge in [-0.1, -0.05) is 0 Å². The fourth-order valence-electron chi connectivity index (χ4n) is 3.78. The molecule has 1 fully saturated rings. The molecule has 1 aromatic carbocycles. The average Bonchev–Trinajstić information content (AvgIpc) is 3.04. The van der Waals surface area contributed by atoms with Crippen LogP contribution in [0, 0.1) is 18.6 Å². The second-order valence-electron chi connectivity index (χ2n) is 8.17. The molecule has 12 heteroatoms. The Morgan fingerprint density at radius 2 is 1.79 bits per heavy atom. The topological polar surface area (TPSA) is 147 Å². The first-order valence-electron chi connectivity index (χ1n) is 10.3. The minimum absolute atomic E-state index is 0.0769. The van der Waals surface area contributed by atoms with E-state index in [0.717, 1.165) is 19.2 Å². The smallest absolute Gasteiger partial charge is 0.356 e. The van der Waals surface area contributed by atoms with E-state index >= 15 is 0 Å². The molecular weight excluding hydrogens is 446 g/mol. The second-order valence-corrected chi connectivity index (χ2v) is 8.17. The van der Waals surface area contributed by atoms with Crippen molar-refractivity contribution in [2.75, 3.05) is 13.7 Å². The summed E-state index contributed by atoms with van der Waals surface area (Å²) in [5, 5.41) is 54.7. The first-order chi connectivity index (χ1) is 15.4. The van der Waals surface area contributed by atoms with E-state index in [-0.39, 0.29) is 23.9 Å². The molecule has 0 radical (unpaired) electrons. The number of aromatic nitrogens is 2. The number of aliphatic hydroxyl groups is 5. The molecule has 33 heavy (non-hydrogen) atoms. The van der Waals surface area contributed by atoms with Crippen LogP contribution in [0.1, 0.15) is 36.7 Å². The molecule has 5 N–H and O–H groups in total. The van der Waals surface area contributed by atoms with Crippen LogP contribution in [0.15, 0.2) is 12.1 Å². The van der Waals surface area contributed by atoms with E-state index in [1.807, 2.05) is 13.8 Å². The van der Waals surface area contributed by atoms with Gasteiger partial charge in [0.05, 0.1) is 13.7 Å². The van der Waals surface area contributed by atoms with Gasteiger partial charge in [0.25, 0.3) is 0 Å². The van der Waals surface area contributed by atoms with E-state index in [1.54, 1.807) is 6.92 Å². The summed E-state index contributed by atoms with van der Waals surface area (Å²) < 4.78 is 45.3. The lowest BCUT2D eigenvalue weighted by Crippen LogP contribution is -2.67. The molecule has 0 spiro atoms. The molecule has 3 rings (SSSR count). The molecule has 184 valence electrons. The van der Waals surface area contributed by atoms with Crippen molar-refractivity contribution in [3.8, 4) is 11.6 Å². The predicted molar refractivity (Wildman–Crippen MR) is 109 cm³/mol. The van der Waals surface area contributed by atoms with E-state index in [0.29, 0.717) is 11.3 Å². The Morgan fingerprint density at radius 1 is 1.18 bits per heavy atom. The largest absolute Gasteiger partial charge is 0.491 e. The maximum absolute atomic E-state index is 14.2. The van der Waals surface area contributed by atoms with Gasteiger partial charge in [-0.05, 0) is 38.5 Å². The number of methoxy groups -OCH3 is 1. The zero-order valence-corrected chi connectivity index (χ0v) is 18.6. The average molecular weight is 474 g/mol. The highest BCUT2D eigenvalue weighted by Gasteiger charge is 2.55. The fraction of sp³-hybridized carbons (Fsp3) is 0.571. The maximum Gasteiger partial charge on any atom is 0.356 e. The molecule has 1 aliphatic heterocycles. The van der Waals surface area contributed by atoms with Crippen molar-refractivity contribution in [2.45, 2.75) is 63.6 Å². The van der Waals surface area contributed by atoms with Crippen molar-refractivity contribution < 1.29 is 48.5 Å². The van der Waals surface area contributed by atoms with Gasteiger partial charge in [0.15, 0.2) is 23.5 Å². The van der Waals surface area contributed by atoms with Gasteiger partial charge >= 0.3 is 5.97 Å². The summed E-state index contributed by atoms with van der Waals surface area (Å²) in [5.74, 6) is -5.45. The third-order valence-electron chi connectivity index (χ3n) is 5.54. The molecule has 1 saturated heterocycles. The quantitative estimate of drug-likeness (QED) is 0.354. The summed E-state index contributed by atoms with van der Waals surface area (Å²) in [5.41, 5.74) is 1.07. The number of benzene rings is 1. The lowest BCUT2D eigenvalue weighted by atomic mass is 9.98. The highest BCUT2D eigenvalue weighted by molar-refractivity contribution is 5.39. The van der Waals surface area contributed by atoms with Gasteiger partial charge < -0.3 is 39.7 Å². The van der Waals surface area contributed by atoms with Gasteiger partial charge in [-0.25, -0.2) is 8.78 Å². The first kappa shape index (κ1) is 25.3. The highest BCUT2D eigenvalue weighted by atomic mass is 19.1. The van der Waals surface area contributed by atoms with Crippen LogP contribution in [-0.4, -0.2) is 79.4 Å². The summed E-state index contributed by atoms with van der Waals surface area (Å²) in [6.45, 7) is 4.54. The van der Waals surface area contributed by atoms with Crippen molar-refractivity contribution >= 4 is 0 Å². The summed E-state index contributed by atoms with van der Waals surface area (Å²) in [4.78, 5) is 0. The highest BCUT2D eigenvalue weighted by Crippen LogP contribution is 2.35. The number of aliphatic hydroxyl groups excluding tert-OH is 4. The van der Waals surface area contributed by atoms with Gasteiger partial charge in [-0.2, -0.15) is 0 Å². The first-order valence-corrected chi connectivity index (χ1v) is 10.3. The number of nitrogens with zero attached hydrogens (tertiary/aromatic N) is 2. The number of halogens is 2. The number of hydrogen-bond donors (Lipinski definition) is 5.